The maximum absolute atomic E-state index is 12.4. The Morgan fingerprint density at radius 2 is 1.93 bits per heavy atom. The molecule has 1 aromatic heterocycles. The van der Waals surface area contributed by atoms with Crippen molar-refractivity contribution in [1.82, 2.24) is 4.57 Å². The summed E-state index contributed by atoms with van der Waals surface area (Å²) in [5, 5.41) is 0. The zero-order chi connectivity index (χ0) is 20.1. The highest BCUT2D eigenvalue weighted by atomic mass is 32.2. The number of thiazole rings is 1. The van der Waals surface area contributed by atoms with Crippen LogP contribution in [-0.2, 0) is 33.4 Å². The fourth-order valence-corrected chi connectivity index (χ4v) is 5.30. The van der Waals surface area contributed by atoms with Gasteiger partial charge in [-0.1, -0.05) is 60.7 Å². The van der Waals surface area contributed by atoms with Crippen molar-refractivity contribution in [3.8, 4) is 0 Å². The molecule has 0 saturated heterocycles. The van der Waals surface area contributed by atoms with E-state index in [1.807, 2.05) is 22.8 Å². The van der Waals surface area contributed by atoms with E-state index in [1.165, 1.54) is 16.9 Å². The number of fused-ring (bicyclic) bond motifs is 1. The predicted octanol–water partition coefficient (Wildman–Crippen LogP) is 3.49. The molecule has 7 heteroatoms. The molecule has 1 amide bonds. The first kappa shape index (κ1) is 20.2. The van der Waals surface area contributed by atoms with Crippen LogP contribution in [0.3, 0.4) is 0 Å². The maximum Gasteiger partial charge on any atom is 0.263 e. The smallest absolute Gasteiger partial charge is 0.263 e. The van der Waals surface area contributed by atoms with E-state index in [0.29, 0.717) is 16.9 Å². The molecule has 0 atom stereocenters. The Balaban J connectivity index is 1.91. The number of hydrogen-bond acceptors (Lipinski definition) is 4. The van der Waals surface area contributed by atoms with Gasteiger partial charge in [0.2, 0.25) is 0 Å². The van der Waals surface area contributed by atoms with E-state index >= 15 is 0 Å². The van der Waals surface area contributed by atoms with Crippen molar-refractivity contribution >= 4 is 37.3 Å². The number of aromatic nitrogens is 1. The molecule has 0 aliphatic carbocycles. The van der Waals surface area contributed by atoms with Crippen LogP contribution in [0.1, 0.15) is 18.1 Å². The summed E-state index contributed by atoms with van der Waals surface area (Å²) in [5.41, 5.74) is 2.81. The molecule has 0 saturated carbocycles. The van der Waals surface area contributed by atoms with Gasteiger partial charge in [0.05, 0.1) is 16.0 Å². The average Bonchev–Trinajstić information content (AvgIpc) is 2.98. The molecule has 28 heavy (non-hydrogen) atoms. The minimum atomic E-state index is -3.59. The van der Waals surface area contributed by atoms with Crippen LogP contribution in [0, 0.1) is 0 Å². The van der Waals surface area contributed by atoms with Gasteiger partial charge in [0, 0.05) is 6.54 Å². The molecule has 1 heterocycles. The molecule has 2 aromatic carbocycles. The lowest BCUT2D eigenvalue weighted by Gasteiger charge is -2.03. The number of rotatable bonds is 7. The molecule has 5 nitrogen and oxygen atoms in total. The van der Waals surface area contributed by atoms with Crippen molar-refractivity contribution in [2.75, 3.05) is 5.75 Å². The molecule has 0 aliphatic heterocycles. The Bertz CT molecular complexity index is 1170. The first-order valence-corrected chi connectivity index (χ1v) is 11.6. The highest BCUT2D eigenvalue weighted by Gasteiger charge is 2.17. The van der Waals surface area contributed by atoms with Crippen molar-refractivity contribution in [1.29, 1.82) is 0 Å². The summed E-state index contributed by atoms with van der Waals surface area (Å²) in [6.07, 6.45) is 2.65. The summed E-state index contributed by atoms with van der Waals surface area (Å²) >= 11 is 1.38. The number of aryl methyl sites for hydroxylation is 1. The van der Waals surface area contributed by atoms with Gasteiger partial charge in [-0.25, -0.2) is 8.42 Å². The zero-order valence-electron chi connectivity index (χ0n) is 15.7. The molecule has 0 bridgehead atoms. The van der Waals surface area contributed by atoms with Crippen molar-refractivity contribution in [3.63, 3.8) is 0 Å². The molecule has 0 aliphatic rings. The van der Waals surface area contributed by atoms with Crippen molar-refractivity contribution in [2.24, 2.45) is 4.99 Å². The van der Waals surface area contributed by atoms with Gasteiger partial charge in [-0.05, 0) is 29.7 Å². The van der Waals surface area contributed by atoms with E-state index < -0.39 is 21.5 Å². The van der Waals surface area contributed by atoms with Crippen LogP contribution in [0.4, 0.5) is 0 Å². The number of nitrogens with zero attached hydrogens (tertiary/aromatic N) is 2. The van der Waals surface area contributed by atoms with Crippen LogP contribution in [0.15, 0.2) is 66.2 Å². The molecule has 3 aromatic rings. The number of amides is 1. The standard InChI is InChI=1S/C21H22N2O3S2/c1-3-12-23-18-11-10-16(4-2)13-19(18)27-21(23)22-20(24)15-28(25,26)14-17-8-6-5-7-9-17/h3,5-11,13H,1,4,12,14-15H2,2H3. The zero-order valence-corrected chi connectivity index (χ0v) is 17.3. The Hall–Kier alpha value is -2.51. The minimum absolute atomic E-state index is 0.173. The van der Waals surface area contributed by atoms with E-state index in [-0.39, 0.29) is 5.75 Å². The third-order valence-electron chi connectivity index (χ3n) is 4.26. The second kappa shape index (κ2) is 8.67. The summed E-state index contributed by atoms with van der Waals surface area (Å²) < 4.78 is 27.6. The summed E-state index contributed by atoms with van der Waals surface area (Å²) in [6, 6.07) is 15.0. The van der Waals surface area contributed by atoms with Crippen LogP contribution in [0.25, 0.3) is 10.2 Å². The lowest BCUT2D eigenvalue weighted by atomic mass is 10.2. The lowest BCUT2D eigenvalue weighted by molar-refractivity contribution is -0.115. The fraction of sp³-hybridized carbons (Fsp3) is 0.238. The Kier molecular flexibility index (Phi) is 6.26. The fourth-order valence-electron chi connectivity index (χ4n) is 2.93. The molecule has 146 valence electrons. The van der Waals surface area contributed by atoms with Gasteiger partial charge in [0.25, 0.3) is 5.91 Å². The molecule has 0 N–H and O–H groups in total. The van der Waals surface area contributed by atoms with Gasteiger partial charge in [-0.2, -0.15) is 4.99 Å². The second-order valence-electron chi connectivity index (χ2n) is 6.46. The molecule has 0 unspecified atom stereocenters. The third kappa shape index (κ3) is 4.85. The number of allylic oxidation sites excluding steroid dienone is 1. The van der Waals surface area contributed by atoms with Gasteiger partial charge >= 0.3 is 0 Å². The largest absolute Gasteiger partial charge is 0.313 e. The number of hydrogen-bond donors (Lipinski definition) is 0. The van der Waals surface area contributed by atoms with Crippen LogP contribution < -0.4 is 4.80 Å². The Morgan fingerprint density at radius 3 is 2.61 bits per heavy atom. The second-order valence-corrected chi connectivity index (χ2v) is 9.54. The minimum Gasteiger partial charge on any atom is -0.313 e. The van der Waals surface area contributed by atoms with E-state index in [0.717, 1.165) is 16.6 Å². The average molecular weight is 415 g/mol. The molecule has 3 rings (SSSR count). The van der Waals surface area contributed by atoms with Gasteiger partial charge in [-0.3, -0.25) is 4.79 Å². The van der Waals surface area contributed by atoms with Crippen LogP contribution in [-0.4, -0.2) is 24.6 Å². The van der Waals surface area contributed by atoms with Crippen molar-refractivity contribution in [3.05, 3.63) is 77.1 Å². The highest BCUT2D eigenvalue weighted by molar-refractivity contribution is 7.91. The van der Waals surface area contributed by atoms with Gasteiger partial charge in [-0.15, -0.1) is 6.58 Å². The monoisotopic (exact) mass is 414 g/mol. The summed E-state index contributed by atoms with van der Waals surface area (Å²) in [6.45, 7) is 6.34. The highest BCUT2D eigenvalue weighted by Crippen LogP contribution is 2.20. The SMILES string of the molecule is C=CCn1c(=NC(=O)CS(=O)(=O)Cc2ccccc2)sc2cc(CC)ccc21. The first-order chi connectivity index (χ1) is 13.4. The number of carbonyl (C=O) groups is 1. The molecule has 0 fully saturated rings. The van der Waals surface area contributed by atoms with E-state index in [1.54, 1.807) is 30.3 Å². The van der Waals surface area contributed by atoms with E-state index in [9.17, 15) is 13.2 Å². The van der Waals surface area contributed by atoms with Gasteiger partial charge in [0.15, 0.2) is 14.6 Å². The maximum atomic E-state index is 12.4. The summed E-state index contributed by atoms with van der Waals surface area (Å²) in [5.74, 6) is -1.44. The third-order valence-corrected chi connectivity index (χ3v) is 6.76. The number of carbonyl (C=O) groups excluding carboxylic acids is 1. The van der Waals surface area contributed by atoms with E-state index in [4.69, 9.17) is 0 Å². The topological polar surface area (TPSA) is 68.5 Å². The Labute approximate surface area is 168 Å². The lowest BCUT2D eigenvalue weighted by Crippen LogP contribution is -2.21. The Morgan fingerprint density at radius 1 is 1.18 bits per heavy atom. The van der Waals surface area contributed by atoms with Crippen LogP contribution >= 0.6 is 11.3 Å². The molecule has 0 spiro atoms. The normalized spacial score (nSPS) is 12.4. The molecule has 0 radical (unpaired) electrons. The van der Waals surface area contributed by atoms with Crippen molar-refractivity contribution < 1.29 is 13.2 Å². The van der Waals surface area contributed by atoms with Crippen LogP contribution in [0.5, 0.6) is 0 Å². The quantitative estimate of drug-likeness (QED) is 0.556. The van der Waals surface area contributed by atoms with Crippen molar-refractivity contribution in [2.45, 2.75) is 25.6 Å². The van der Waals surface area contributed by atoms with Gasteiger partial charge in [0.1, 0.15) is 5.75 Å². The van der Waals surface area contributed by atoms with E-state index in [2.05, 4.69) is 24.6 Å². The predicted molar refractivity (Wildman–Crippen MR) is 114 cm³/mol. The summed E-state index contributed by atoms with van der Waals surface area (Å²) in [4.78, 5) is 17.0. The van der Waals surface area contributed by atoms with Gasteiger partial charge < -0.3 is 4.57 Å². The van der Waals surface area contributed by atoms with Crippen LogP contribution in [0.2, 0.25) is 0 Å². The first-order valence-electron chi connectivity index (χ1n) is 8.97. The molecular formula is C21H22N2O3S2. The molecular weight excluding hydrogens is 392 g/mol. The summed E-state index contributed by atoms with van der Waals surface area (Å²) in [7, 11) is -3.59. The number of benzene rings is 2. The number of sulfone groups is 1.